The van der Waals surface area contributed by atoms with Crippen LogP contribution in [-0.2, 0) is 14.3 Å². The number of carbonyl (C=O) groups excluding carboxylic acids is 4. The Morgan fingerprint density at radius 1 is 0.980 bits per heavy atom. The summed E-state index contributed by atoms with van der Waals surface area (Å²) >= 11 is 1.90. The first kappa shape index (κ1) is 37.5. The summed E-state index contributed by atoms with van der Waals surface area (Å²) in [6.07, 6.45) is 8.01. The van der Waals surface area contributed by atoms with Gasteiger partial charge < -0.3 is 35.3 Å². The lowest BCUT2D eigenvalue weighted by atomic mass is 9.79. The van der Waals surface area contributed by atoms with Gasteiger partial charge in [-0.1, -0.05) is 13.3 Å². The molecule has 274 valence electrons. The van der Waals surface area contributed by atoms with Gasteiger partial charge in [0.15, 0.2) is 0 Å². The van der Waals surface area contributed by atoms with Gasteiger partial charge >= 0.3 is 17.6 Å². The zero-order valence-corrected chi connectivity index (χ0v) is 30.7. The fraction of sp³-hybridized carbons (Fsp3) is 0.649. The molecule has 4 atom stereocenters. The Morgan fingerprint density at radius 3 is 2.42 bits per heavy atom. The highest BCUT2D eigenvalue weighted by molar-refractivity contribution is 8.00. The second kappa shape index (κ2) is 17.0. The summed E-state index contributed by atoms with van der Waals surface area (Å²) in [5.41, 5.74) is 1.54. The molecule has 0 unspecified atom stereocenters. The minimum absolute atomic E-state index is 0.0239. The van der Waals surface area contributed by atoms with Crippen molar-refractivity contribution in [1.82, 2.24) is 21.3 Å². The van der Waals surface area contributed by atoms with Gasteiger partial charge in [0.25, 0.3) is 0 Å². The van der Waals surface area contributed by atoms with Crippen molar-refractivity contribution in [1.29, 1.82) is 0 Å². The molecular weight excluding hydrogens is 659 g/mol. The van der Waals surface area contributed by atoms with Crippen LogP contribution >= 0.6 is 11.8 Å². The van der Waals surface area contributed by atoms with Gasteiger partial charge in [-0.25, -0.2) is 14.4 Å². The van der Waals surface area contributed by atoms with E-state index >= 15 is 0 Å². The number of nitrogens with zero attached hydrogens (tertiary/aromatic N) is 1. The van der Waals surface area contributed by atoms with E-state index in [-0.39, 0.29) is 53.6 Å². The number of hydrogen-bond acceptors (Lipinski definition) is 9. The van der Waals surface area contributed by atoms with Gasteiger partial charge in [-0.05, 0) is 89.3 Å². The number of urea groups is 1. The van der Waals surface area contributed by atoms with Crippen LogP contribution in [0.25, 0.3) is 11.0 Å². The van der Waals surface area contributed by atoms with Crippen LogP contribution in [0.15, 0.2) is 27.4 Å². The van der Waals surface area contributed by atoms with Gasteiger partial charge in [0, 0.05) is 66.2 Å². The highest BCUT2D eigenvalue weighted by atomic mass is 32.2. The Labute approximate surface area is 298 Å². The van der Waals surface area contributed by atoms with E-state index < -0.39 is 11.6 Å². The standard InChI is InChI=1S/C37H53N5O7S/c1-5-48-34(45)26-19-24-18-25-23(2)21-37(3,4)42(28(25)20-29(24)49-35(26)46)17-11-14-32(44)39-16-10-6-9-15-38-31(43)13-8-7-12-30-33-27(22-50-30)40-36(47)41-33/h18-20,23,27,30,33H,5-17,21-22H2,1-4H3,(H,38,43)(H,39,44)(H2,40,41,47)/t23-,27+,30+,33-/m1/s1. The molecule has 2 fully saturated rings. The van der Waals surface area contributed by atoms with Crippen molar-refractivity contribution >= 4 is 52.2 Å². The van der Waals surface area contributed by atoms with Crippen molar-refractivity contribution in [2.75, 3.05) is 36.9 Å². The number of unbranched alkanes of at least 4 members (excludes halogenated alkanes) is 3. The van der Waals surface area contributed by atoms with Crippen LogP contribution in [0.3, 0.4) is 0 Å². The predicted octanol–water partition coefficient (Wildman–Crippen LogP) is 4.97. The average Bonchev–Trinajstić information content (AvgIpc) is 3.62. The number of benzene rings is 1. The van der Waals surface area contributed by atoms with Crippen molar-refractivity contribution in [3.8, 4) is 0 Å². The third-order valence-corrected chi connectivity index (χ3v) is 11.6. The minimum Gasteiger partial charge on any atom is -0.462 e. The summed E-state index contributed by atoms with van der Waals surface area (Å²) in [6, 6.07) is 5.84. The first-order valence-electron chi connectivity index (χ1n) is 18.3. The number of thioether (sulfide) groups is 1. The van der Waals surface area contributed by atoms with Gasteiger partial charge in [-0.15, -0.1) is 0 Å². The third kappa shape index (κ3) is 9.32. The molecule has 1 aromatic carbocycles. The number of fused-ring (bicyclic) bond motifs is 3. The molecule has 0 aliphatic carbocycles. The van der Waals surface area contributed by atoms with Gasteiger partial charge in [0.2, 0.25) is 11.8 Å². The average molecular weight is 712 g/mol. The Hall–Kier alpha value is -3.74. The van der Waals surface area contributed by atoms with E-state index in [1.54, 1.807) is 13.0 Å². The zero-order valence-electron chi connectivity index (χ0n) is 29.9. The highest BCUT2D eigenvalue weighted by Crippen LogP contribution is 2.45. The van der Waals surface area contributed by atoms with E-state index in [0.29, 0.717) is 55.1 Å². The topological polar surface area (TPSA) is 159 Å². The van der Waals surface area contributed by atoms with Crippen molar-refractivity contribution in [2.24, 2.45) is 0 Å². The van der Waals surface area contributed by atoms with Crippen molar-refractivity contribution in [3.63, 3.8) is 0 Å². The van der Waals surface area contributed by atoms with E-state index in [1.807, 2.05) is 23.9 Å². The van der Waals surface area contributed by atoms with E-state index in [4.69, 9.17) is 9.15 Å². The predicted molar refractivity (Wildman–Crippen MR) is 196 cm³/mol. The lowest BCUT2D eigenvalue weighted by molar-refractivity contribution is -0.121. The minimum atomic E-state index is -0.716. The second-order valence-corrected chi connectivity index (χ2v) is 15.7. The van der Waals surface area contributed by atoms with Crippen LogP contribution in [-0.4, -0.2) is 78.7 Å². The number of nitrogens with one attached hydrogen (secondary N) is 4. The highest BCUT2D eigenvalue weighted by Gasteiger charge is 2.42. The first-order valence-corrected chi connectivity index (χ1v) is 19.3. The molecule has 0 bridgehead atoms. The second-order valence-electron chi connectivity index (χ2n) is 14.4. The van der Waals surface area contributed by atoms with E-state index in [2.05, 4.69) is 46.9 Å². The molecule has 4 amide bonds. The summed E-state index contributed by atoms with van der Waals surface area (Å²) in [5.74, 6) is 0.633. The van der Waals surface area contributed by atoms with Crippen LogP contribution in [0.5, 0.6) is 0 Å². The molecule has 13 heteroatoms. The van der Waals surface area contributed by atoms with Crippen molar-refractivity contribution in [2.45, 2.75) is 121 Å². The fourth-order valence-electron chi connectivity index (χ4n) is 7.60. The monoisotopic (exact) mass is 711 g/mol. The van der Waals surface area contributed by atoms with E-state index in [0.717, 1.165) is 61.9 Å². The molecular formula is C37H53N5O7S. The number of esters is 1. The zero-order chi connectivity index (χ0) is 35.8. The van der Waals surface area contributed by atoms with Crippen LogP contribution < -0.4 is 31.8 Å². The molecule has 4 N–H and O–H groups in total. The van der Waals surface area contributed by atoms with Gasteiger partial charge in [-0.3, -0.25) is 9.59 Å². The molecule has 3 aliphatic rings. The maximum absolute atomic E-state index is 12.6. The molecule has 4 heterocycles. The smallest absolute Gasteiger partial charge is 0.351 e. The molecule has 1 aromatic heterocycles. The van der Waals surface area contributed by atoms with Gasteiger partial charge in [-0.2, -0.15) is 11.8 Å². The van der Waals surface area contributed by atoms with Crippen molar-refractivity contribution < 1.29 is 28.3 Å². The Bertz CT molecular complexity index is 1610. The molecule has 0 spiro atoms. The van der Waals surface area contributed by atoms with Crippen LogP contribution in [0, 0.1) is 0 Å². The number of carbonyl (C=O) groups is 4. The molecule has 5 rings (SSSR count). The lowest BCUT2D eigenvalue weighted by Gasteiger charge is -2.47. The largest absolute Gasteiger partial charge is 0.462 e. The Balaban J connectivity index is 0.974. The number of hydrogen-bond donors (Lipinski definition) is 4. The molecule has 0 saturated carbocycles. The summed E-state index contributed by atoms with van der Waals surface area (Å²) in [5, 5.41) is 13.1. The van der Waals surface area contributed by atoms with Crippen LogP contribution in [0.2, 0.25) is 0 Å². The van der Waals surface area contributed by atoms with Gasteiger partial charge in [0.05, 0.1) is 18.7 Å². The number of ether oxygens (including phenoxy) is 1. The number of rotatable bonds is 17. The van der Waals surface area contributed by atoms with Crippen LogP contribution in [0.1, 0.15) is 114 Å². The number of anilines is 1. The fourth-order valence-corrected chi connectivity index (χ4v) is 9.15. The molecule has 2 saturated heterocycles. The lowest BCUT2D eigenvalue weighted by Crippen LogP contribution is -2.49. The molecule has 12 nitrogen and oxygen atoms in total. The van der Waals surface area contributed by atoms with Gasteiger partial charge in [0.1, 0.15) is 11.1 Å². The molecule has 50 heavy (non-hydrogen) atoms. The summed E-state index contributed by atoms with van der Waals surface area (Å²) in [7, 11) is 0. The Morgan fingerprint density at radius 2 is 1.70 bits per heavy atom. The van der Waals surface area contributed by atoms with E-state index in [9.17, 15) is 24.0 Å². The van der Waals surface area contributed by atoms with E-state index in [1.165, 1.54) is 0 Å². The summed E-state index contributed by atoms with van der Waals surface area (Å²) < 4.78 is 10.6. The Kier molecular flexibility index (Phi) is 12.7. The summed E-state index contributed by atoms with van der Waals surface area (Å²) in [4.78, 5) is 63.6. The number of amides is 4. The van der Waals surface area contributed by atoms with Crippen molar-refractivity contribution in [3.05, 3.63) is 39.7 Å². The quantitative estimate of drug-likeness (QED) is 0.0770. The van der Waals surface area contributed by atoms with Crippen LogP contribution in [0.4, 0.5) is 10.5 Å². The molecule has 0 radical (unpaired) electrons. The normalized spacial score (nSPS) is 22.0. The maximum Gasteiger partial charge on any atom is 0.351 e. The molecule has 2 aromatic rings. The summed E-state index contributed by atoms with van der Waals surface area (Å²) in [6.45, 7) is 10.4. The molecule has 3 aliphatic heterocycles. The SMILES string of the molecule is CCOC(=O)c1cc2cc3c(cc2oc1=O)N(CCCC(=O)NCCCCCNC(=O)CCCC[C@@H]1SC[C@@H]2NC(=O)N[C@H]21)C(C)(C)C[C@H]3C. The third-order valence-electron chi connectivity index (χ3n) is 10.1. The first-order chi connectivity index (χ1) is 24.0. The maximum atomic E-state index is 12.6.